The molecule has 2 heterocycles. The van der Waals surface area contributed by atoms with Crippen LogP contribution in [0.1, 0.15) is 11.4 Å². The maximum atomic E-state index is 5.72. The summed E-state index contributed by atoms with van der Waals surface area (Å²) in [5.41, 5.74) is 1.00. The Morgan fingerprint density at radius 2 is 2.13 bits per heavy atom. The van der Waals surface area contributed by atoms with E-state index in [1.165, 1.54) is 0 Å². The van der Waals surface area contributed by atoms with Crippen LogP contribution in [0.15, 0.2) is 12.1 Å². The van der Waals surface area contributed by atoms with Crippen molar-refractivity contribution in [2.24, 2.45) is 0 Å². The van der Waals surface area contributed by atoms with Crippen LogP contribution in [0.4, 0.5) is 0 Å². The first-order valence-electron chi connectivity index (χ1n) is 5.00. The van der Waals surface area contributed by atoms with Crippen molar-refractivity contribution in [3.05, 3.63) is 17.1 Å². The van der Waals surface area contributed by atoms with Crippen molar-refractivity contribution < 1.29 is 9.47 Å². The van der Waals surface area contributed by atoms with E-state index in [4.69, 9.17) is 9.47 Å². The molecule has 3 rings (SSSR count). The summed E-state index contributed by atoms with van der Waals surface area (Å²) in [6.07, 6.45) is 0.938. The number of hydrogen-bond donors (Lipinski definition) is 0. The molecular weight excluding hydrogens is 210 g/mol. The Balaban J connectivity index is 2.26. The molecule has 0 spiro atoms. The number of benzene rings is 1. The summed E-state index contributed by atoms with van der Waals surface area (Å²) < 4.78 is 12.4. The fourth-order valence-electron chi connectivity index (χ4n) is 1.73. The smallest absolute Gasteiger partial charge is 0.180 e. The third-order valence-electron chi connectivity index (χ3n) is 2.38. The van der Waals surface area contributed by atoms with Crippen molar-refractivity contribution >= 4 is 21.6 Å². The minimum absolute atomic E-state index is 0.725. The van der Waals surface area contributed by atoms with Crippen molar-refractivity contribution in [3.63, 3.8) is 0 Å². The van der Waals surface area contributed by atoms with E-state index in [2.05, 4.69) is 4.98 Å². The lowest BCUT2D eigenvalue weighted by Gasteiger charge is -2.06. The van der Waals surface area contributed by atoms with Gasteiger partial charge in [-0.1, -0.05) is 0 Å². The van der Waals surface area contributed by atoms with E-state index in [0.717, 1.165) is 46.4 Å². The van der Waals surface area contributed by atoms with E-state index in [-0.39, 0.29) is 0 Å². The van der Waals surface area contributed by atoms with Crippen molar-refractivity contribution in [2.45, 2.75) is 13.3 Å². The molecule has 0 saturated heterocycles. The largest absolute Gasteiger partial charge is 0.490 e. The highest BCUT2D eigenvalue weighted by Crippen LogP contribution is 2.39. The number of hydrogen-bond acceptors (Lipinski definition) is 4. The molecule has 0 atom stereocenters. The van der Waals surface area contributed by atoms with Gasteiger partial charge in [0.2, 0.25) is 0 Å². The molecule has 2 aromatic rings. The van der Waals surface area contributed by atoms with Gasteiger partial charge in [0, 0.05) is 6.42 Å². The van der Waals surface area contributed by atoms with Crippen molar-refractivity contribution in [1.29, 1.82) is 0 Å². The van der Waals surface area contributed by atoms with Crippen molar-refractivity contribution in [3.8, 4) is 11.5 Å². The number of aromatic nitrogens is 1. The number of rotatable bonds is 0. The molecule has 1 aromatic carbocycles. The van der Waals surface area contributed by atoms with E-state index in [1.54, 1.807) is 11.3 Å². The summed E-state index contributed by atoms with van der Waals surface area (Å²) >= 11 is 1.66. The van der Waals surface area contributed by atoms with Gasteiger partial charge in [-0.3, -0.25) is 0 Å². The second kappa shape index (κ2) is 3.38. The topological polar surface area (TPSA) is 31.4 Å². The Kier molecular flexibility index (Phi) is 2.02. The van der Waals surface area contributed by atoms with E-state index in [1.807, 2.05) is 19.1 Å². The lowest BCUT2D eigenvalue weighted by Crippen LogP contribution is -1.97. The van der Waals surface area contributed by atoms with Crippen LogP contribution in [-0.2, 0) is 0 Å². The average Bonchev–Trinajstić information content (AvgIpc) is 2.48. The van der Waals surface area contributed by atoms with Crippen LogP contribution in [0.3, 0.4) is 0 Å². The van der Waals surface area contributed by atoms with Gasteiger partial charge in [-0.2, -0.15) is 0 Å². The van der Waals surface area contributed by atoms with Gasteiger partial charge < -0.3 is 9.47 Å². The molecule has 0 saturated carbocycles. The predicted octanol–water partition coefficient (Wildman–Crippen LogP) is 2.77. The molecule has 0 amide bonds. The maximum absolute atomic E-state index is 5.72. The van der Waals surface area contributed by atoms with Crippen LogP contribution < -0.4 is 9.47 Å². The number of thiazole rings is 1. The van der Waals surface area contributed by atoms with Crippen LogP contribution in [0.2, 0.25) is 0 Å². The molecule has 78 valence electrons. The van der Waals surface area contributed by atoms with Gasteiger partial charge in [0.15, 0.2) is 11.5 Å². The van der Waals surface area contributed by atoms with E-state index >= 15 is 0 Å². The van der Waals surface area contributed by atoms with Gasteiger partial charge >= 0.3 is 0 Å². The zero-order valence-corrected chi connectivity index (χ0v) is 9.26. The molecule has 0 unspecified atom stereocenters. The molecule has 0 aliphatic carbocycles. The zero-order chi connectivity index (χ0) is 10.3. The second-order valence-corrected chi connectivity index (χ2v) is 4.73. The van der Waals surface area contributed by atoms with Crippen LogP contribution in [0.5, 0.6) is 11.5 Å². The summed E-state index contributed by atoms with van der Waals surface area (Å²) in [6, 6.07) is 3.94. The molecule has 1 aromatic heterocycles. The minimum Gasteiger partial charge on any atom is -0.490 e. The van der Waals surface area contributed by atoms with E-state index in [9.17, 15) is 0 Å². The zero-order valence-electron chi connectivity index (χ0n) is 8.45. The van der Waals surface area contributed by atoms with Crippen molar-refractivity contribution in [1.82, 2.24) is 4.98 Å². The minimum atomic E-state index is 0.725. The number of aryl methyl sites for hydroxylation is 1. The first kappa shape index (κ1) is 8.97. The Bertz CT molecular complexity index is 507. The highest BCUT2D eigenvalue weighted by Gasteiger charge is 2.15. The Morgan fingerprint density at radius 1 is 1.27 bits per heavy atom. The first-order valence-corrected chi connectivity index (χ1v) is 5.82. The molecule has 0 N–H and O–H groups in total. The van der Waals surface area contributed by atoms with E-state index < -0.39 is 0 Å². The van der Waals surface area contributed by atoms with E-state index in [0.29, 0.717) is 0 Å². The summed E-state index contributed by atoms with van der Waals surface area (Å²) in [4.78, 5) is 4.43. The first-order chi connectivity index (χ1) is 7.34. The molecule has 3 nitrogen and oxygen atoms in total. The summed E-state index contributed by atoms with van der Waals surface area (Å²) in [5.74, 6) is 1.72. The Labute approximate surface area is 91.7 Å². The normalized spacial score (nSPS) is 15.3. The fraction of sp³-hybridized carbons (Fsp3) is 0.364. The van der Waals surface area contributed by atoms with Gasteiger partial charge in [0.1, 0.15) is 4.70 Å². The maximum Gasteiger partial charge on any atom is 0.180 e. The molecule has 0 bridgehead atoms. The van der Waals surface area contributed by atoms with Gasteiger partial charge in [0.05, 0.1) is 23.7 Å². The third-order valence-corrected chi connectivity index (χ3v) is 3.36. The third kappa shape index (κ3) is 1.45. The summed E-state index contributed by atoms with van der Waals surface area (Å²) in [6.45, 7) is 3.47. The predicted molar refractivity (Wildman–Crippen MR) is 60.0 cm³/mol. The molecule has 1 aliphatic rings. The number of nitrogens with zero attached hydrogens (tertiary/aromatic N) is 1. The van der Waals surface area contributed by atoms with Crippen LogP contribution in [-0.4, -0.2) is 18.2 Å². The lowest BCUT2D eigenvalue weighted by atomic mass is 10.3. The van der Waals surface area contributed by atoms with Crippen LogP contribution >= 0.6 is 11.3 Å². The van der Waals surface area contributed by atoms with Crippen LogP contribution in [0.25, 0.3) is 10.2 Å². The Hall–Kier alpha value is -1.29. The SMILES string of the molecule is Cc1nc2ccc3c(c2s1)OCCCO3. The highest BCUT2D eigenvalue weighted by atomic mass is 32.1. The monoisotopic (exact) mass is 221 g/mol. The fourth-order valence-corrected chi connectivity index (χ4v) is 2.64. The molecule has 0 fully saturated rings. The standard InChI is InChI=1S/C11H11NO2S/c1-7-12-8-3-4-9-10(11(8)15-7)14-6-2-5-13-9/h3-4H,2,5-6H2,1H3. The molecule has 15 heavy (non-hydrogen) atoms. The number of fused-ring (bicyclic) bond motifs is 3. The van der Waals surface area contributed by atoms with Crippen molar-refractivity contribution in [2.75, 3.05) is 13.2 Å². The van der Waals surface area contributed by atoms with Gasteiger partial charge in [-0.05, 0) is 19.1 Å². The number of ether oxygens (including phenoxy) is 2. The second-order valence-electron chi connectivity index (χ2n) is 3.52. The van der Waals surface area contributed by atoms with Crippen LogP contribution in [0, 0.1) is 6.92 Å². The highest BCUT2D eigenvalue weighted by molar-refractivity contribution is 7.18. The van der Waals surface area contributed by atoms with Gasteiger partial charge in [-0.25, -0.2) is 4.98 Å². The molecule has 0 radical (unpaired) electrons. The summed E-state index contributed by atoms with van der Waals surface area (Å²) in [7, 11) is 0. The lowest BCUT2D eigenvalue weighted by molar-refractivity contribution is 0.298. The quantitative estimate of drug-likeness (QED) is 0.685. The van der Waals surface area contributed by atoms with Gasteiger partial charge in [-0.15, -0.1) is 11.3 Å². The van der Waals surface area contributed by atoms with Gasteiger partial charge in [0.25, 0.3) is 0 Å². The molecule has 1 aliphatic heterocycles. The molecule has 4 heteroatoms. The Morgan fingerprint density at radius 3 is 3.07 bits per heavy atom. The average molecular weight is 221 g/mol. The molecular formula is C11H11NO2S. The summed E-state index contributed by atoms with van der Waals surface area (Å²) in [5, 5.41) is 1.06.